The van der Waals surface area contributed by atoms with Gasteiger partial charge in [0.25, 0.3) is 0 Å². The lowest BCUT2D eigenvalue weighted by molar-refractivity contribution is -0.137. The van der Waals surface area contributed by atoms with E-state index in [2.05, 4.69) is 5.32 Å². The van der Waals surface area contributed by atoms with E-state index in [0.717, 1.165) is 31.2 Å². The molecule has 0 bridgehead atoms. The van der Waals surface area contributed by atoms with Crippen molar-refractivity contribution in [2.45, 2.75) is 24.9 Å². The van der Waals surface area contributed by atoms with E-state index in [1.165, 1.54) is 0 Å². The molecule has 0 radical (unpaired) electrons. The zero-order chi connectivity index (χ0) is 13.2. The smallest absolute Gasteiger partial charge is 0.315 e. The highest BCUT2D eigenvalue weighted by molar-refractivity contribution is 5.44. The molecule has 1 aromatic rings. The Kier molecular flexibility index (Phi) is 2.17. The minimum Gasteiger partial charge on any atom is -0.315 e. The van der Waals surface area contributed by atoms with Crippen molar-refractivity contribution in [2.24, 2.45) is 5.41 Å². The number of fused-ring (bicyclic) bond motifs is 1. The average Bonchev–Trinajstić information content (AvgIpc) is 2.71. The molecule has 0 spiro atoms. The van der Waals surface area contributed by atoms with E-state index in [0.29, 0.717) is 6.54 Å². The highest BCUT2D eigenvalue weighted by atomic mass is 19.4. The molecule has 1 N–H and O–H groups in total. The van der Waals surface area contributed by atoms with Gasteiger partial charge in [-0.25, -0.2) is 4.39 Å². The Morgan fingerprint density at radius 1 is 1.22 bits per heavy atom. The van der Waals surface area contributed by atoms with Crippen molar-refractivity contribution in [2.75, 3.05) is 13.1 Å². The first kappa shape index (κ1) is 12.0. The number of hydrogen-bond acceptors (Lipinski definition) is 1. The van der Waals surface area contributed by atoms with Gasteiger partial charge < -0.3 is 5.32 Å². The molecule has 98 valence electrons. The maximum Gasteiger partial charge on any atom is 0.416 e. The van der Waals surface area contributed by atoms with E-state index >= 15 is 0 Å². The number of halogens is 4. The lowest BCUT2D eigenvalue weighted by Crippen LogP contribution is -2.21. The summed E-state index contributed by atoms with van der Waals surface area (Å²) in [6, 6.07) is 2.72. The quantitative estimate of drug-likeness (QED) is 0.764. The van der Waals surface area contributed by atoms with Crippen LogP contribution in [0.25, 0.3) is 0 Å². The number of rotatable bonds is 1. The fraction of sp³-hybridized carbons (Fsp3) is 0.538. The molecular formula is C13H13F4N. The number of nitrogens with one attached hydrogen (secondary N) is 1. The van der Waals surface area contributed by atoms with Crippen molar-refractivity contribution < 1.29 is 17.6 Å². The SMILES string of the molecule is CC12CNCC1(c1cc(C(F)(F)F)ccc1F)C2. The molecule has 0 aromatic heterocycles. The van der Waals surface area contributed by atoms with Gasteiger partial charge in [-0.15, -0.1) is 0 Å². The molecule has 2 fully saturated rings. The number of piperidine rings is 1. The van der Waals surface area contributed by atoms with Crippen LogP contribution in [0.3, 0.4) is 0 Å². The van der Waals surface area contributed by atoms with Gasteiger partial charge in [0.15, 0.2) is 0 Å². The Morgan fingerprint density at radius 2 is 1.94 bits per heavy atom. The van der Waals surface area contributed by atoms with E-state index in [1.807, 2.05) is 6.92 Å². The molecular weight excluding hydrogens is 246 g/mol. The van der Waals surface area contributed by atoms with Crippen LogP contribution in [0.15, 0.2) is 18.2 Å². The van der Waals surface area contributed by atoms with E-state index < -0.39 is 23.0 Å². The van der Waals surface area contributed by atoms with Crippen LogP contribution >= 0.6 is 0 Å². The van der Waals surface area contributed by atoms with Gasteiger partial charge in [-0.05, 0) is 35.6 Å². The third-order valence-electron chi connectivity index (χ3n) is 4.47. The minimum atomic E-state index is -4.42. The van der Waals surface area contributed by atoms with Crippen molar-refractivity contribution in [1.29, 1.82) is 0 Å². The summed E-state index contributed by atoms with van der Waals surface area (Å²) in [5.41, 5.74) is -1.10. The van der Waals surface area contributed by atoms with Crippen LogP contribution in [0.1, 0.15) is 24.5 Å². The minimum absolute atomic E-state index is 0.0991. The highest BCUT2D eigenvalue weighted by Crippen LogP contribution is 2.67. The zero-order valence-electron chi connectivity index (χ0n) is 9.87. The molecule has 18 heavy (non-hydrogen) atoms. The van der Waals surface area contributed by atoms with Gasteiger partial charge in [0, 0.05) is 18.5 Å². The van der Waals surface area contributed by atoms with Crippen LogP contribution in [0.4, 0.5) is 17.6 Å². The molecule has 1 aromatic carbocycles. The normalized spacial score (nSPS) is 34.5. The molecule has 1 nitrogen and oxygen atoms in total. The maximum atomic E-state index is 13.9. The molecule has 1 aliphatic carbocycles. The third kappa shape index (κ3) is 1.43. The molecule has 5 heteroatoms. The molecule has 3 rings (SSSR count). The van der Waals surface area contributed by atoms with Gasteiger partial charge in [0.05, 0.1) is 5.56 Å². The lowest BCUT2D eigenvalue weighted by Gasteiger charge is -2.17. The van der Waals surface area contributed by atoms with Crippen molar-refractivity contribution in [1.82, 2.24) is 5.32 Å². The Hall–Kier alpha value is -1.10. The second-order valence-corrected chi connectivity index (χ2v) is 5.62. The van der Waals surface area contributed by atoms with Crippen LogP contribution in [0.5, 0.6) is 0 Å². The van der Waals surface area contributed by atoms with Crippen LogP contribution < -0.4 is 5.32 Å². The fourth-order valence-corrected chi connectivity index (χ4v) is 3.27. The summed E-state index contributed by atoms with van der Waals surface area (Å²) >= 11 is 0. The predicted molar refractivity (Wildman–Crippen MR) is 58.7 cm³/mol. The molecule has 1 saturated carbocycles. The van der Waals surface area contributed by atoms with Crippen molar-refractivity contribution >= 4 is 0 Å². The number of hydrogen-bond donors (Lipinski definition) is 1. The van der Waals surface area contributed by atoms with Gasteiger partial charge in [-0.3, -0.25) is 0 Å². The maximum absolute atomic E-state index is 13.9. The Balaban J connectivity index is 2.08. The van der Waals surface area contributed by atoms with Gasteiger partial charge in [0.1, 0.15) is 5.82 Å². The summed E-state index contributed by atoms with van der Waals surface area (Å²) in [5, 5.41) is 3.14. The average molecular weight is 259 g/mol. The second-order valence-electron chi connectivity index (χ2n) is 5.62. The van der Waals surface area contributed by atoms with E-state index in [-0.39, 0.29) is 11.0 Å². The largest absolute Gasteiger partial charge is 0.416 e. The summed E-state index contributed by atoms with van der Waals surface area (Å²) in [7, 11) is 0. The molecule has 2 atom stereocenters. The van der Waals surface area contributed by atoms with E-state index in [4.69, 9.17) is 0 Å². The Labute approximate surface area is 102 Å². The third-order valence-corrected chi connectivity index (χ3v) is 4.47. The van der Waals surface area contributed by atoms with Crippen LogP contribution in [0, 0.1) is 11.2 Å². The number of benzene rings is 1. The second kappa shape index (κ2) is 3.26. The fourth-order valence-electron chi connectivity index (χ4n) is 3.27. The molecule has 1 aliphatic heterocycles. The summed E-state index contributed by atoms with van der Waals surface area (Å²) in [5.74, 6) is -0.532. The Bertz CT molecular complexity index is 506. The first-order valence-corrected chi connectivity index (χ1v) is 5.87. The first-order chi connectivity index (χ1) is 8.29. The van der Waals surface area contributed by atoms with Gasteiger partial charge in [0.2, 0.25) is 0 Å². The summed E-state index contributed by atoms with van der Waals surface area (Å²) < 4.78 is 51.9. The van der Waals surface area contributed by atoms with E-state index in [1.54, 1.807) is 0 Å². The molecule has 2 unspecified atom stereocenters. The lowest BCUT2D eigenvalue weighted by atomic mass is 9.88. The van der Waals surface area contributed by atoms with Gasteiger partial charge >= 0.3 is 6.18 Å². The van der Waals surface area contributed by atoms with E-state index in [9.17, 15) is 17.6 Å². The zero-order valence-corrected chi connectivity index (χ0v) is 9.87. The summed E-state index contributed by atoms with van der Waals surface area (Å²) in [4.78, 5) is 0. The first-order valence-electron chi connectivity index (χ1n) is 5.87. The van der Waals surface area contributed by atoms with Crippen LogP contribution in [0.2, 0.25) is 0 Å². The topological polar surface area (TPSA) is 12.0 Å². The predicted octanol–water partition coefficient (Wildman–Crippen LogP) is 3.10. The molecule has 1 saturated heterocycles. The monoisotopic (exact) mass is 259 g/mol. The summed E-state index contributed by atoms with van der Waals surface area (Å²) in [6.45, 7) is 3.29. The van der Waals surface area contributed by atoms with Crippen molar-refractivity contribution in [3.05, 3.63) is 35.1 Å². The highest BCUT2D eigenvalue weighted by Gasteiger charge is 2.68. The number of alkyl halides is 3. The van der Waals surface area contributed by atoms with Crippen molar-refractivity contribution in [3.8, 4) is 0 Å². The molecule has 0 amide bonds. The van der Waals surface area contributed by atoms with Crippen LogP contribution in [-0.2, 0) is 11.6 Å². The summed E-state index contributed by atoms with van der Waals surface area (Å²) in [6.07, 6.45) is -3.67. The molecule has 2 aliphatic rings. The Morgan fingerprint density at radius 3 is 2.44 bits per heavy atom. The van der Waals surface area contributed by atoms with Crippen molar-refractivity contribution in [3.63, 3.8) is 0 Å². The molecule has 1 heterocycles. The van der Waals surface area contributed by atoms with Gasteiger partial charge in [-0.1, -0.05) is 6.92 Å². The van der Waals surface area contributed by atoms with Gasteiger partial charge in [-0.2, -0.15) is 13.2 Å². The van der Waals surface area contributed by atoms with Crippen LogP contribution in [-0.4, -0.2) is 13.1 Å². The standard InChI is InChI=1S/C13H13F4N/c1-11-5-12(11,7-18-6-11)9-4-8(13(15,16)17)2-3-10(9)14/h2-4,18H,5-7H2,1H3.